The molecule has 0 fully saturated rings. The highest BCUT2D eigenvalue weighted by molar-refractivity contribution is 5.98. The van der Waals surface area contributed by atoms with E-state index in [1.807, 2.05) is 0 Å². The fraction of sp³-hybridized carbons (Fsp3) is 0.692. The van der Waals surface area contributed by atoms with E-state index in [-0.39, 0.29) is 13.0 Å². The molecule has 0 aliphatic heterocycles. The van der Waals surface area contributed by atoms with Crippen LogP contribution in [0.5, 0.6) is 0 Å². The van der Waals surface area contributed by atoms with Crippen molar-refractivity contribution in [2.75, 3.05) is 13.1 Å². The molecule has 0 bridgehead atoms. The van der Waals surface area contributed by atoms with E-state index in [1.165, 1.54) is 0 Å². The van der Waals surface area contributed by atoms with Crippen LogP contribution in [0.2, 0.25) is 0 Å². The van der Waals surface area contributed by atoms with E-state index in [4.69, 9.17) is 10.8 Å². The molecule has 0 radical (unpaired) electrons. The maximum atomic E-state index is 11.8. The lowest BCUT2D eigenvalue weighted by molar-refractivity contribution is -0.152. The maximum Gasteiger partial charge on any atom is 0.323 e. The maximum absolute atomic E-state index is 11.8. The van der Waals surface area contributed by atoms with Crippen molar-refractivity contribution in [2.45, 2.75) is 44.9 Å². The van der Waals surface area contributed by atoms with Crippen LogP contribution in [-0.2, 0) is 19.2 Å². The van der Waals surface area contributed by atoms with E-state index in [0.29, 0.717) is 17.7 Å². The van der Waals surface area contributed by atoms with Crippen molar-refractivity contribution in [1.82, 2.24) is 4.90 Å². The van der Waals surface area contributed by atoms with Gasteiger partial charge in [-0.05, 0) is 12.8 Å². The van der Waals surface area contributed by atoms with Gasteiger partial charge in [-0.3, -0.25) is 19.3 Å². The molecule has 0 aromatic rings. The minimum Gasteiger partial charge on any atom is -0.480 e. The van der Waals surface area contributed by atoms with E-state index >= 15 is 0 Å². The largest absolute Gasteiger partial charge is 0.480 e. The van der Waals surface area contributed by atoms with Crippen molar-refractivity contribution in [2.24, 2.45) is 5.73 Å². The lowest BCUT2D eigenvalue weighted by Gasteiger charge is -2.17. The van der Waals surface area contributed by atoms with Crippen LogP contribution in [0.1, 0.15) is 44.9 Å². The highest BCUT2D eigenvalue weighted by Crippen LogP contribution is 2.08. The first-order valence-electron chi connectivity index (χ1n) is 6.71. The molecule has 114 valence electrons. The smallest absolute Gasteiger partial charge is 0.323 e. The number of carboxylic acids is 1. The molecule has 0 aromatic heterocycles. The molecular formula is C13H22N2O5. The van der Waals surface area contributed by atoms with E-state index in [0.717, 1.165) is 32.0 Å². The highest BCUT2D eigenvalue weighted by Gasteiger charge is 2.22. The lowest BCUT2D eigenvalue weighted by Crippen LogP contribution is -2.43. The summed E-state index contributed by atoms with van der Waals surface area (Å²) >= 11 is 0. The number of rotatable bonds is 11. The van der Waals surface area contributed by atoms with Gasteiger partial charge >= 0.3 is 5.97 Å². The molecule has 0 atom stereocenters. The van der Waals surface area contributed by atoms with Gasteiger partial charge in [0.1, 0.15) is 12.8 Å². The lowest BCUT2D eigenvalue weighted by atomic mass is 10.1. The topological polar surface area (TPSA) is 118 Å². The second-order valence-electron chi connectivity index (χ2n) is 4.44. The summed E-state index contributed by atoms with van der Waals surface area (Å²) in [6, 6.07) is 0. The van der Waals surface area contributed by atoms with Crippen LogP contribution in [-0.4, -0.2) is 47.2 Å². The van der Waals surface area contributed by atoms with E-state index < -0.39 is 24.3 Å². The quantitative estimate of drug-likeness (QED) is 0.417. The molecule has 2 amide bonds. The number of carbonyl (C=O) groups is 4. The summed E-state index contributed by atoms with van der Waals surface area (Å²) in [4.78, 5) is 44.5. The summed E-state index contributed by atoms with van der Waals surface area (Å²) < 4.78 is 0. The van der Waals surface area contributed by atoms with E-state index in [1.54, 1.807) is 0 Å². The Labute approximate surface area is 118 Å². The normalized spacial score (nSPS) is 10.1. The van der Waals surface area contributed by atoms with E-state index in [9.17, 15) is 19.2 Å². The van der Waals surface area contributed by atoms with Crippen LogP contribution >= 0.6 is 0 Å². The van der Waals surface area contributed by atoms with Crippen molar-refractivity contribution in [3.63, 3.8) is 0 Å². The SMILES string of the molecule is NCC(=O)N(CC(=O)O)C(=O)CCCCCCCC=O. The molecule has 0 aromatic carbocycles. The summed E-state index contributed by atoms with van der Waals surface area (Å²) in [7, 11) is 0. The molecule has 7 heteroatoms. The summed E-state index contributed by atoms with van der Waals surface area (Å²) in [5.74, 6) is -2.42. The monoisotopic (exact) mass is 286 g/mol. The van der Waals surface area contributed by atoms with Crippen LogP contribution in [0.4, 0.5) is 0 Å². The Morgan fingerprint density at radius 2 is 1.60 bits per heavy atom. The number of unbranched alkanes of at least 4 members (excludes halogenated alkanes) is 5. The van der Waals surface area contributed by atoms with Gasteiger partial charge in [-0.1, -0.05) is 19.3 Å². The number of imide groups is 1. The van der Waals surface area contributed by atoms with Crippen molar-refractivity contribution in [3.8, 4) is 0 Å². The molecule has 0 spiro atoms. The molecular weight excluding hydrogens is 264 g/mol. The zero-order valence-corrected chi connectivity index (χ0v) is 11.5. The zero-order chi connectivity index (χ0) is 15.4. The third-order valence-electron chi connectivity index (χ3n) is 2.78. The predicted molar refractivity (Wildman–Crippen MR) is 71.8 cm³/mol. The Balaban J connectivity index is 3.98. The Hall–Kier alpha value is -1.76. The standard InChI is InChI=1S/C13H22N2O5/c14-9-12(18)15(10-13(19)20)11(17)7-5-3-1-2-4-6-8-16/h8H,1-7,9-10,14H2,(H,19,20). The molecule has 0 heterocycles. The molecule has 0 unspecified atom stereocenters. The molecule has 0 aliphatic rings. The zero-order valence-electron chi connectivity index (χ0n) is 11.5. The second kappa shape index (κ2) is 11.1. The van der Waals surface area contributed by atoms with Crippen LogP contribution in [0.3, 0.4) is 0 Å². The number of nitrogens with two attached hydrogens (primary N) is 1. The Morgan fingerprint density at radius 1 is 1.00 bits per heavy atom. The third-order valence-corrected chi connectivity index (χ3v) is 2.78. The summed E-state index contributed by atoms with van der Waals surface area (Å²) in [5.41, 5.74) is 5.14. The first-order valence-corrected chi connectivity index (χ1v) is 6.71. The number of nitrogens with zero attached hydrogens (tertiary/aromatic N) is 1. The average Bonchev–Trinajstić information content (AvgIpc) is 2.42. The van der Waals surface area contributed by atoms with Gasteiger partial charge in [-0.15, -0.1) is 0 Å². The number of hydrogen-bond acceptors (Lipinski definition) is 5. The van der Waals surface area contributed by atoms with Crippen molar-refractivity contribution in [1.29, 1.82) is 0 Å². The van der Waals surface area contributed by atoms with Gasteiger partial charge in [-0.25, -0.2) is 0 Å². The van der Waals surface area contributed by atoms with Gasteiger partial charge in [0.25, 0.3) is 0 Å². The van der Waals surface area contributed by atoms with Gasteiger partial charge in [0, 0.05) is 12.8 Å². The number of aldehydes is 1. The first-order chi connectivity index (χ1) is 9.52. The van der Waals surface area contributed by atoms with Crippen molar-refractivity contribution in [3.05, 3.63) is 0 Å². The molecule has 0 rings (SSSR count). The summed E-state index contributed by atoms with van der Waals surface area (Å²) in [6.07, 6.45) is 5.64. The van der Waals surface area contributed by atoms with Crippen LogP contribution in [0.25, 0.3) is 0 Å². The first kappa shape index (κ1) is 18.2. The fourth-order valence-corrected chi connectivity index (χ4v) is 1.73. The van der Waals surface area contributed by atoms with Gasteiger partial charge in [0.15, 0.2) is 0 Å². The molecule has 0 aliphatic carbocycles. The van der Waals surface area contributed by atoms with Crippen LogP contribution in [0, 0.1) is 0 Å². The second-order valence-corrected chi connectivity index (χ2v) is 4.44. The van der Waals surface area contributed by atoms with Gasteiger partial charge in [0.2, 0.25) is 11.8 Å². The van der Waals surface area contributed by atoms with Gasteiger partial charge in [0.05, 0.1) is 6.54 Å². The number of aliphatic carboxylic acids is 1. The number of amides is 2. The molecule has 0 saturated carbocycles. The summed E-state index contributed by atoms with van der Waals surface area (Å²) in [5, 5.41) is 8.65. The Bertz CT molecular complexity index is 344. The summed E-state index contributed by atoms with van der Waals surface area (Å²) in [6.45, 7) is -1.03. The minimum atomic E-state index is -1.24. The number of carbonyl (C=O) groups excluding carboxylic acids is 3. The number of carboxylic acid groups (broad SMARTS) is 1. The van der Waals surface area contributed by atoms with Gasteiger partial charge < -0.3 is 15.6 Å². The number of hydrogen-bond donors (Lipinski definition) is 2. The van der Waals surface area contributed by atoms with Gasteiger partial charge in [-0.2, -0.15) is 0 Å². The molecule has 3 N–H and O–H groups in total. The highest BCUT2D eigenvalue weighted by atomic mass is 16.4. The minimum absolute atomic E-state index is 0.132. The van der Waals surface area contributed by atoms with Crippen molar-refractivity contribution < 1.29 is 24.3 Å². The third kappa shape index (κ3) is 8.36. The van der Waals surface area contributed by atoms with E-state index in [2.05, 4.69) is 0 Å². The van der Waals surface area contributed by atoms with Crippen molar-refractivity contribution >= 4 is 24.1 Å². The molecule has 0 saturated heterocycles. The predicted octanol–water partition coefficient (Wildman–Crippen LogP) is 0.314. The fourth-order valence-electron chi connectivity index (χ4n) is 1.73. The Kier molecular flexibility index (Phi) is 10.1. The molecule has 7 nitrogen and oxygen atoms in total. The van der Waals surface area contributed by atoms with Crippen LogP contribution < -0.4 is 5.73 Å². The molecule has 20 heavy (non-hydrogen) atoms. The van der Waals surface area contributed by atoms with Crippen LogP contribution in [0.15, 0.2) is 0 Å². The average molecular weight is 286 g/mol. The Morgan fingerprint density at radius 3 is 2.15 bits per heavy atom.